The van der Waals surface area contributed by atoms with Crippen molar-refractivity contribution >= 4 is 11.6 Å². The van der Waals surface area contributed by atoms with Gasteiger partial charge in [-0.15, -0.1) is 0 Å². The van der Waals surface area contributed by atoms with Gasteiger partial charge < -0.3 is 10.1 Å². The van der Waals surface area contributed by atoms with Gasteiger partial charge in [0.15, 0.2) is 0 Å². The molecule has 1 aromatic rings. The van der Waals surface area contributed by atoms with Crippen LogP contribution in [0.25, 0.3) is 0 Å². The zero-order valence-corrected chi connectivity index (χ0v) is 12.0. The van der Waals surface area contributed by atoms with Crippen molar-refractivity contribution in [1.82, 2.24) is 5.32 Å². The molecule has 0 amide bonds. The third kappa shape index (κ3) is 6.22. The molecule has 0 aliphatic carbocycles. The molecule has 0 saturated heterocycles. The minimum absolute atomic E-state index is 0.0909. The Balaban J connectivity index is 2.16. The maximum atomic E-state index is 12.9. The molecule has 0 saturated carbocycles. The second-order valence-corrected chi connectivity index (χ2v) is 5.89. The Kier molecular flexibility index (Phi) is 5.89. The van der Waals surface area contributed by atoms with Gasteiger partial charge in [0, 0.05) is 12.6 Å². The van der Waals surface area contributed by atoms with Crippen LogP contribution < -0.4 is 10.1 Å². The minimum atomic E-state index is -0.424. The van der Waals surface area contributed by atoms with E-state index in [4.69, 9.17) is 16.3 Å². The monoisotopic (exact) mass is 273 g/mol. The summed E-state index contributed by atoms with van der Waals surface area (Å²) in [7, 11) is 0. The van der Waals surface area contributed by atoms with Crippen molar-refractivity contribution < 1.29 is 9.13 Å². The fourth-order valence-electron chi connectivity index (χ4n) is 1.40. The number of benzene rings is 1. The predicted octanol–water partition coefficient (Wildman–Crippen LogP) is 3.88. The maximum Gasteiger partial charge on any atom is 0.142 e. The Morgan fingerprint density at radius 1 is 1.28 bits per heavy atom. The molecule has 0 unspecified atom stereocenters. The van der Waals surface area contributed by atoms with Crippen LogP contribution in [0.4, 0.5) is 4.39 Å². The second-order valence-electron chi connectivity index (χ2n) is 5.49. The van der Waals surface area contributed by atoms with Gasteiger partial charge in [0.05, 0.1) is 5.02 Å². The summed E-state index contributed by atoms with van der Waals surface area (Å²) in [4.78, 5) is 0. The summed E-state index contributed by atoms with van der Waals surface area (Å²) in [5.41, 5.74) is 0.346. The van der Waals surface area contributed by atoms with Crippen LogP contribution >= 0.6 is 11.6 Å². The molecule has 0 aliphatic rings. The fourth-order valence-corrected chi connectivity index (χ4v) is 1.57. The van der Waals surface area contributed by atoms with E-state index in [1.165, 1.54) is 12.1 Å². The molecule has 1 N–H and O–H groups in total. The lowest BCUT2D eigenvalue weighted by molar-refractivity contribution is 0.304. The van der Waals surface area contributed by atoms with Crippen molar-refractivity contribution in [1.29, 1.82) is 0 Å². The van der Waals surface area contributed by atoms with Gasteiger partial charge in [-0.2, -0.15) is 0 Å². The summed E-state index contributed by atoms with van der Waals surface area (Å²) in [6, 6.07) is 4.38. The first-order valence-corrected chi connectivity index (χ1v) is 6.55. The Hall–Kier alpha value is -0.800. The summed E-state index contributed by atoms with van der Waals surface area (Å²) >= 11 is 5.66. The highest BCUT2D eigenvalue weighted by molar-refractivity contribution is 6.30. The first kappa shape index (κ1) is 15.3. The molecule has 0 atom stereocenters. The van der Waals surface area contributed by atoms with Gasteiger partial charge in [0.25, 0.3) is 0 Å². The highest BCUT2D eigenvalue weighted by atomic mass is 35.5. The number of nitrogens with one attached hydrogen (secondary N) is 1. The molecular formula is C14H21ClFNO. The molecule has 0 bridgehead atoms. The zero-order valence-electron chi connectivity index (χ0n) is 11.2. The Morgan fingerprint density at radius 2 is 2.00 bits per heavy atom. The van der Waals surface area contributed by atoms with E-state index in [2.05, 4.69) is 26.1 Å². The molecule has 0 radical (unpaired) electrons. The first-order valence-electron chi connectivity index (χ1n) is 6.17. The highest BCUT2D eigenvalue weighted by Crippen LogP contribution is 2.21. The number of hydrogen-bond donors (Lipinski definition) is 1. The fraction of sp³-hybridized carbons (Fsp3) is 0.571. The third-order valence-electron chi connectivity index (χ3n) is 2.49. The van der Waals surface area contributed by atoms with Crippen molar-refractivity contribution in [2.75, 3.05) is 19.7 Å². The number of halogens is 2. The molecule has 1 aromatic carbocycles. The Labute approximate surface area is 113 Å². The molecule has 102 valence electrons. The molecule has 18 heavy (non-hydrogen) atoms. The first-order chi connectivity index (χ1) is 8.38. The van der Waals surface area contributed by atoms with Crippen molar-refractivity contribution in [3.63, 3.8) is 0 Å². The Morgan fingerprint density at radius 3 is 2.61 bits per heavy atom. The van der Waals surface area contributed by atoms with Crippen LogP contribution in [0, 0.1) is 11.2 Å². The van der Waals surface area contributed by atoms with E-state index in [9.17, 15) is 4.39 Å². The molecule has 0 spiro atoms. The lowest BCUT2D eigenvalue weighted by atomic mass is 9.92. The zero-order chi connectivity index (χ0) is 13.6. The minimum Gasteiger partial charge on any atom is -0.492 e. The third-order valence-corrected chi connectivity index (χ3v) is 2.78. The van der Waals surface area contributed by atoms with Crippen LogP contribution in [0.2, 0.25) is 5.02 Å². The maximum absolute atomic E-state index is 12.9. The van der Waals surface area contributed by atoms with E-state index in [1.807, 2.05) is 0 Å². The molecule has 4 heteroatoms. The molecule has 0 aliphatic heterocycles. The quantitative estimate of drug-likeness (QED) is 0.794. The number of hydrogen-bond acceptors (Lipinski definition) is 2. The molecule has 2 nitrogen and oxygen atoms in total. The molecule has 0 aromatic heterocycles. The van der Waals surface area contributed by atoms with Gasteiger partial charge >= 0.3 is 0 Å². The smallest absolute Gasteiger partial charge is 0.142 e. The van der Waals surface area contributed by atoms with Crippen LogP contribution in [0.5, 0.6) is 5.75 Å². The van der Waals surface area contributed by atoms with Crippen LogP contribution in [0.3, 0.4) is 0 Å². The number of ether oxygens (including phenoxy) is 1. The summed E-state index contributed by atoms with van der Waals surface area (Å²) in [6.45, 7) is 8.93. The van der Waals surface area contributed by atoms with E-state index in [1.54, 1.807) is 6.07 Å². The Bertz CT molecular complexity index is 377. The van der Waals surface area contributed by atoms with Crippen molar-refractivity contribution in [3.8, 4) is 5.75 Å². The molecule has 0 fully saturated rings. The van der Waals surface area contributed by atoms with Crippen LogP contribution in [-0.2, 0) is 0 Å². The topological polar surface area (TPSA) is 21.3 Å². The number of rotatable bonds is 6. The standard InChI is InChI=1S/C14H21ClFNO/c1-14(2,3)6-7-17-8-9-18-11-4-5-13(16)12(15)10-11/h4-5,10,17H,6-9H2,1-3H3. The molecular weight excluding hydrogens is 253 g/mol. The second kappa shape index (κ2) is 6.95. The van der Waals surface area contributed by atoms with Gasteiger partial charge in [0.1, 0.15) is 18.2 Å². The summed E-state index contributed by atoms with van der Waals surface area (Å²) in [6.07, 6.45) is 1.12. The van der Waals surface area contributed by atoms with Gasteiger partial charge in [0.2, 0.25) is 0 Å². The molecule has 1 rings (SSSR count). The van der Waals surface area contributed by atoms with E-state index in [-0.39, 0.29) is 5.02 Å². The van der Waals surface area contributed by atoms with Crippen molar-refractivity contribution in [3.05, 3.63) is 29.0 Å². The van der Waals surface area contributed by atoms with E-state index in [0.29, 0.717) is 17.8 Å². The van der Waals surface area contributed by atoms with Gasteiger partial charge in [-0.25, -0.2) is 4.39 Å². The van der Waals surface area contributed by atoms with Gasteiger partial charge in [-0.3, -0.25) is 0 Å². The lowest BCUT2D eigenvalue weighted by Crippen LogP contribution is -2.25. The normalized spacial score (nSPS) is 11.6. The van der Waals surface area contributed by atoms with Crippen LogP contribution in [0.1, 0.15) is 27.2 Å². The van der Waals surface area contributed by atoms with E-state index < -0.39 is 5.82 Å². The van der Waals surface area contributed by atoms with Crippen LogP contribution in [0.15, 0.2) is 18.2 Å². The average Bonchev–Trinajstić information content (AvgIpc) is 2.26. The van der Waals surface area contributed by atoms with E-state index >= 15 is 0 Å². The van der Waals surface area contributed by atoms with E-state index in [0.717, 1.165) is 19.5 Å². The van der Waals surface area contributed by atoms with Crippen molar-refractivity contribution in [2.45, 2.75) is 27.2 Å². The summed E-state index contributed by atoms with van der Waals surface area (Å²) in [5, 5.41) is 3.40. The largest absolute Gasteiger partial charge is 0.492 e. The van der Waals surface area contributed by atoms with Gasteiger partial charge in [-0.05, 0) is 30.5 Å². The van der Waals surface area contributed by atoms with Crippen molar-refractivity contribution in [2.24, 2.45) is 5.41 Å². The van der Waals surface area contributed by atoms with Crippen LogP contribution in [-0.4, -0.2) is 19.7 Å². The lowest BCUT2D eigenvalue weighted by Gasteiger charge is -2.18. The SMILES string of the molecule is CC(C)(C)CCNCCOc1ccc(F)c(Cl)c1. The summed E-state index contributed by atoms with van der Waals surface area (Å²) in [5.74, 6) is 0.173. The average molecular weight is 274 g/mol. The molecule has 0 heterocycles. The predicted molar refractivity (Wildman–Crippen MR) is 73.8 cm³/mol. The highest BCUT2D eigenvalue weighted by Gasteiger charge is 2.08. The summed E-state index contributed by atoms with van der Waals surface area (Å²) < 4.78 is 18.4. The van der Waals surface area contributed by atoms with Gasteiger partial charge in [-0.1, -0.05) is 32.4 Å².